The average Bonchev–Trinajstić information content (AvgIpc) is 2.13. The summed E-state index contributed by atoms with van der Waals surface area (Å²) in [6.07, 6.45) is 0.684. The molecule has 0 saturated heterocycles. The van der Waals surface area contributed by atoms with Gasteiger partial charge in [-0.3, -0.25) is 0 Å². The van der Waals surface area contributed by atoms with Crippen LogP contribution in [-0.4, -0.2) is 0 Å². The number of hydrogen-bond donors (Lipinski definition) is 1. The molecule has 0 aliphatic rings. The van der Waals surface area contributed by atoms with Crippen LogP contribution < -0.4 is 5.73 Å². The van der Waals surface area contributed by atoms with Crippen molar-refractivity contribution in [3.05, 3.63) is 33.8 Å². The summed E-state index contributed by atoms with van der Waals surface area (Å²) in [5.74, 6) is -1.74. The van der Waals surface area contributed by atoms with E-state index in [2.05, 4.69) is 15.9 Å². The largest absolute Gasteiger partial charge is 0.324 e. The van der Waals surface area contributed by atoms with E-state index in [0.717, 1.165) is 6.07 Å². The molecule has 0 spiro atoms. The van der Waals surface area contributed by atoms with Gasteiger partial charge >= 0.3 is 0 Å². The molecular weight excluding hydrogens is 240 g/mol. The highest BCUT2D eigenvalue weighted by atomic mass is 79.9. The molecule has 4 heteroatoms. The number of hydrogen-bond acceptors (Lipinski definition) is 1. The minimum Gasteiger partial charge on any atom is -0.324 e. The Morgan fingerprint density at radius 3 is 2.62 bits per heavy atom. The fourth-order valence-corrected chi connectivity index (χ4v) is 1.66. The van der Waals surface area contributed by atoms with Crippen molar-refractivity contribution in [2.24, 2.45) is 5.73 Å². The summed E-state index contributed by atoms with van der Waals surface area (Å²) < 4.78 is 25.8. The summed E-state index contributed by atoms with van der Waals surface area (Å²) in [4.78, 5) is 0. The van der Waals surface area contributed by atoms with Crippen molar-refractivity contribution < 1.29 is 8.78 Å². The predicted octanol–water partition coefficient (Wildman–Crippen LogP) is 3.14. The second-order valence-corrected chi connectivity index (χ2v) is 3.57. The third-order valence-electron chi connectivity index (χ3n) is 1.90. The lowest BCUT2D eigenvalue weighted by molar-refractivity contribution is 0.499. The fraction of sp³-hybridized carbons (Fsp3) is 0.333. The molecule has 13 heavy (non-hydrogen) atoms. The lowest BCUT2D eigenvalue weighted by Gasteiger charge is -2.11. The van der Waals surface area contributed by atoms with Crippen LogP contribution in [-0.2, 0) is 0 Å². The Morgan fingerprint density at radius 2 is 2.08 bits per heavy atom. The number of benzene rings is 1. The van der Waals surface area contributed by atoms with E-state index in [1.165, 1.54) is 6.07 Å². The van der Waals surface area contributed by atoms with Crippen molar-refractivity contribution in [2.45, 2.75) is 19.4 Å². The molecule has 1 rings (SSSR count). The van der Waals surface area contributed by atoms with Crippen molar-refractivity contribution in [1.82, 2.24) is 0 Å². The first kappa shape index (κ1) is 10.6. The SMILES string of the molecule is CC[C@@H](N)c1ccc(F)c(F)c1Br. The molecule has 0 saturated carbocycles. The van der Waals surface area contributed by atoms with Crippen molar-refractivity contribution in [2.75, 3.05) is 0 Å². The molecule has 0 aromatic heterocycles. The van der Waals surface area contributed by atoms with Crippen LogP contribution in [0.4, 0.5) is 8.78 Å². The standard InChI is InChI=1S/C9H10BrF2N/c1-2-7(13)5-3-4-6(11)9(12)8(5)10/h3-4,7H,2,13H2,1H3/t7-/m1/s1. The smallest absolute Gasteiger partial charge is 0.173 e. The summed E-state index contributed by atoms with van der Waals surface area (Å²) >= 11 is 2.98. The summed E-state index contributed by atoms with van der Waals surface area (Å²) in [6, 6.07) is 2.33. The molecule has 0 radical (unpaired) electrons. The molecule has 2 N–H and O–H groups in total. The Balaban J connectivity index is 3.18. The van der Waals surface area contributed by atoms with E-state index in [0.29, 0.717) is 12.0 Å². The lowest BCUT2D eigenvalue weighted by atomic mass is 10.1. The average molecular weight is 250 g/mol. The van der Waals surface area contributed by atoms with Crippen LogP contribution in [0.15, 0.2) is 16.6 Å². The van der Waals surface area contributed by atoms with Gasteiger partial charge in [-0.15, -0.1) is 0 Å². The summed E-state index contributed by atoms with van der Waals surface area (Å²) in [6.45, 7) is 1.89. The van der Waals surface area contributed by atoms with Crippen LogP contribution in [0.1, 0.15) is 24.9 Å². The monoisotopic (exact) mass is 249 g/mol. The zero-order valence-electron chi connectivity index (χ0n) is 7.15. The minimum absolute atomic E-state index is 0.127. The Morgan fingerprint density at radius 1 is 1.46 bits per heavy atom. The van der Waals surface area contributed by atoms with Gasteiger partial charge in [-0.25, -0.2) is 8.78 Å². The van der Waals surface area contributed by atoms with E-state index >= 15 is 0 Å². The van der Waals surface area contributed by atoms with Crippen molar-refractivity contribution in [3.8, 4) is 0 Å². The Kier molecular flexibility index (Phi) is 3.39. The molecule has 0 heterocycles. The maximum atomic E-state index is 13.0. The Hall–Kier alpha value is -0.480. The van der Waals surface area contributed by atoms with Gasteiger partial charge in [-0.2, -0.15) is 0 Å². The molecule has 0 fully saturated rings. The second-order valence-electron chi connectivity index (χ2n) is 2.78. The minimum atomic E-state index is -0.874. The molecule has 0 aliphatic carbocycles. The van der Waals surface area contributed by atoms with E-state index in [-0.39, 0.29) is 10.5 Å². The zero-order valence-corrected chi connectivity index (χ0v) is 8.74. The Labute approximate surface area is 84.1 Å². The van der Waals surface area contributed by atoms with Gasteiger partial charge in [0.15, 0.2) is 11.6 Å². The third kappa shape index (κ3) is 2.06. The lowest BCUT2D eigenvalue weighted by Crippen LogP contribution is -2.10. The summed E-state index contributed by atoms with van der Waals surface area (Å²) in [5.41, 5.74) is 6.29. The molecule has 0 aliphatic heterocycles. The molecule has 0 unspecified atom stereocenters. The van der Waals surface area contributed by atoms with Crippen LogP contribution in [0.5, 0.6) is 0 Å². The molecule has 1 nitrogen and oxygen atoms in total. The second kappa shape index (κ2) is 4.15. The molecule has 72 valence electrons. The molecule has 0 bridgehead atoms. The van der Waals surface area contributed by atoms with Gasteiger partial charge in [0.25, 0.3) is 0 Å². The Bertz CT molecular complexity index is 315. The van der Waals surface area contributed by atoms with Crippen LogP contribution >= 0.6 is 15.9 Å². The van der Waals surface area contributed by atoms with Crippen LogP contribution in [0.25, 0.3) is 0 Å². The van der Waals surface area contributed by atoms with E-state index in [1.54, 1.807) is 0 Å². The highest BCUT2D eigenvalue weighted by molar-refractivity contribution is 9.10. The maximum absolute atomic E-state index is 13.0. The van der Waals surface area contributed by atoms with Crippen molar-refractivity contribution >= 4 is 15.9 Å². The molecule has 0 amide bonds. The number of halogens is 3. The predicted molar refractivity (Wildman–Crippen MR) is 51.3 cm³/mol. The highest BCUT2D eigenvalue weighted by Gasteiger charge is 2.14. The maximum Gasteiger partial charge on any atom is 0.173 e. The van der Waals surface area contributed by atoms with E-state index in [9.17, 15) is 8.78 Å². The van der Waals surface area contributed by atoms with Gasteiger partial charge in [0.2, 0.25) is 0 Å². The highest BCUT2D eigenvalue weighted by Crippen LogP contribution is 2.27. The molecular formula is C9H10BrF2N. The van der Waals surface area contributed by atoms with E-state index in [4.69, 9.17) is 5.73 Å². The summed E-state index contributed by atoms with van der Waals surface area (Å²) in [5, 5.41) is 0. The van der Waals surface area contributed by atoms with E-state index in [1.807, 2.05) is 6.92 Å². The van der Waals surface area contributed by atoms with Crippen LogP contribution in [0.3, 0.4) is 0 Å². The summed E-state index contributed by atoms with van der Waals surface area (Å²) in [7, 11) is 0. The van der Waals surface area contributed by atoms with Gasteiger partial charge in [0.05, 0.1) is 4.47 Å². The quantitative estimate of drug-likeness (QED) is 0.801. The normalized spacial score (nSPS) is 13.0. The van der Waals surface area contributed by atoms with Gasteiger partial charge in [-0.05, 0) is 34.0 Å². The molecule has 1 aromatic rings. The first-order valence-electron chi connectivity index (χ1n) is 3.96. The first-order chi connectivity index (χ1) is 6.07. The van der Waals surface area contributed by atoms with E-state index < -0.39 is 11.6 Å². The fourth-order valence-electron chi connectivity index (χ4n) is 1.05. The van der Waals surface area contributed by atoms with Gasteiger partial charge in [0.1, 0.15) is 0 Å². The number of nitrogens with two attached hydrogens (primary N) is 1. The third-order valence-corrected chi connectivity index (χ3v) is 2.71. The van der Waals surface area contributed by atoms with Gasteiger partial charge in [-0.1, -0.05) is 13.0 Å². The first-order valence-corrected chi connectivity index (χ1v) is 4.76. The van der Waals surface area contributed by atoms with Gasteiger partial charge in [0, 0.05) is 6.04 Å². The van der Waals surface area contributed by atoms with Crippen LogP contribution in [0.2, 0.25) is 0 Å². The topological polar surface area (TPSA) is 26.0 Å². The molecule has 1 aromatic carbocycles. The van der Waals surface area contributed by atoms with Gasteiger partial charge < -0.3 is 5.73 Å². The number of rotatable bonds is 2. The molecule has 1 atom stereocenters. The van der Waals surface area contributed by atoms with Crippen molar-refractivity contribution in [1.29, 1.82) is 0 Å². The zero-order chi connectivity index (χ0) is 10.0. The van der Waals surface area contributed by atoms with Crippen LogP contribution in [0, 0.1) is 11.6 Å². The van der Waals surface area contributed by atoms with Crippen molar-refractivity contribution in [3.63, 3.8) is 0 Å².